The summed E-state index contributed by atoms with van der Waals surface area (Å²) < 4.78 is 19.2. The van der Waals surface area contributed by atoms with Crippen molar-refractivity contribution in [3.63, 3.8) is 0 Å². The Morgan fingerprint density at radius 2 is 1.81 bits per heavy atom. The van der Waals surface area contributed by atoms with Crippen LogP contribution in [0.4, 0.5) is 4.39 Å². The standard InChI is InChI=1S/C17H19BrFNO/c1-11(13-8-9-16(19)15(18)10-13)20-12(2)14-6-4-5-7-17(14)21-3/h4-12,20H,1-3H3/t11?,12-/m0/s1. The Bertz CT molecular complexity index is 617. The van der Waals surface area contributed by atoms with Crippen molar-refractivity contribution in [2.45, 2.75) is 25.9 Å². The first-order chi connectivity index (χ1) is 10.0. The second kappa shape index (κ2) is 7.05. The van der Waals surface area contributed by atoms with Crippen LogP contribution in [0.15, 0.2) is 46.9 Å². The van der Waals surface area contributed by atoms with Gasteiger partial charge in [0.2, 0.25) is 0 Å². The lowest BCUT2D eigenvalue weighted by atomic mass is 10.0. The molecule has 0 aliphatic heterocycles. The lowest BCUT2D eigenvalue weighted by Gasteiger charge is -2.22. The van der Waals surface area contributed by atoms with Gasteiger partial charge >= 0.3 is 0 Å². The normalized spacial score (nSPS) is 13.8. The van der Waals surface area contributed by atoms with Crippen LogP contribution in [-0.4, -0.2) is 7.11 Å². The molecule has 0 spiro atoms. The van der Waals surface area contributed by atoms with Crippen LogP contribution in [0.2, 0.25) is 0 Å². The monoisotopic (exact) mass is 351 g/mol. The molecule has 2 nitrogen and oxygen atoms in total. The van der Waals surface area contributed by atoms with E-state index in [9.17, 15) is 4.39 Å². The maximum absolute atomic E-state index is 13.3. The van der Waals surface area contributed by atoms with Gasteiger partial charge in [-0.2, -0.15) is 0 Å². The Kier molecular flexibility index (Phi) is 5.37. The summed E-state index contributed by atoms with van der Waals surface area (Å²) in [5.74, 6) is 0.619. The van der Waals surface area contributed by atoms with Crippen LogP contribution in [0.3, 0.4) is 0 Å². The van der Waals surface area contributed by atoms with Gasteiger partial charge in [-0.15, -0.1) is 0 Å². The Hall–Kier alpha value is -1.39. The summed E-state index contributed by atoms with van der Waals surface area (Å²) in [6.45, 7) is 4.15. The molecule has 0 fully saturated rings. The van der Waals surface area contributed by atoms with Gasteiger partial charge in [-0.05, 0) is 53.5 Å². The summed E-state index contributed by atoms with van der Waals surface area (Å²) in [6.07, 6.45) is 0. The molecule has 0 aliphatic rings. The number of halogens is 2. The molecule has 21 heavy (non-hydrogen) atoms. The van der Waals surface area contributed by atoms with Gasteiger partial charge in [0.15, 0.2) is 0 Å². The fourth-order valence-corrected chi connectivity index (χ4v) is 2.76. The van der Waals surface area contributed by atoms with Crippen molar-refractivity contribution in [1.82, 2.24) is 5.32 Å². The van der Waals surface area contributed by atoms with Gasteiger partial charge in [0.1, 0.15) is 11.6 Å². The Morgan fingerprint density at radius 3 is 2.48 bits per heavy atom. The number of hydrogen-bond donors (Lipinski definition) is 1. The zero-order valence-corrected chi connectivity index (χ0v) is 13.9. The first-order valence-electron chi connectivity index (χ1n) is 6.87. The molecule has 0 aliphatic carbocycles. The van der Waals surface area contributed by atoms with Gasteiger partial charge in [0.25, 0.3) is 0 Å². The van der Waals surface area contributed by atoms with Crippen LogP contribution in [0.5, 0.6) is 5.75 Å². The van der Waals surface area contributed by atoms with E-state index in [1.54, 1.807) is 13.2 Å². The van der Waals surface area contributed by atoms with E-state index in [1.807, 2.05) is 30.3 Å². The molecule has 112 valence electrons. The van der Waals surface area contributed by atoms with Crippen molar-refractivity contribution in [1.29, 1.82) is 0 Å². The molecule has 2 atom stereocenters. The van der Waals surface area contributed by atoms with Crippen molar-refractivity contribution < 1.29 is 9.13 Å². The summed E-state index contributed by atoms with van der Waals surface area (Å²) in [6, 6.07) is 13.3. The highest BCUT2D eigenvalue weighted by molar-refractivity contribution is 9.10. The molecule has 0 aromatic heterocycles. The molecule has 0 heterocycles. The number of nitrogens with one attached hydrogen (secondary N) is 1. The van der Waals surface area contributed by atoms with E-state index in [2.05, 4.69) is 35.1 Å². The lowest BCUT2D eigenvalue weighted by Crippen LogP contribution is -2.23. The Balaban J connectivity index is 2.14. The highest BCUT2D eigenvalue weighted by atomic mass is 79.9. The van der Waals surface area contributed by atoms with E-state index >= 15 is 0 Å². The van der Waals surface area contributed by atoms with Crippen LogP contribution in [-0.2, 0) is 0 Å². The second-order valence-electron chi connectivity index (χ2n) is 5.03. The van der Waals surface area contributed by atoms with Crippen LogP contribution in [0.1, 0.15) is 37.1 Å². The predicted molar refractivity (Wildman–Crippen MR) is 87.1 cm³/mol. The minimum Gasteiger partial charge on any atom is -0.496 e. The molecular formula is C17H19BrFNO. The summed E-state index contributed by atoms with van der Waals surface area (Å²) >= 11 is 3.23. The number of hydrogen-bond acceptors (Lipinski definition) is 2. The number of methoxy groups -OCH3 is 1. The third-order valence-corrected chi connectivity index (χ3v) is 4.16. The molecule has 2 rings (SSSR count). The van der Waals surface area contributed by atoms with Crippen molar-refractivity contribution in [2.75, 3.05) is 7.11 Å². The largest absolute Gasteiger partial charge is 0.496 e. The predicted octanol–water partition coefficient (Wildman–Crippen LogP) is 5.01. The zero-order valence-electron chi connectivity index (χ0n) is 12.4. The van der Waals surface area contributed by atoms with E-state index in [0.29, 0.717) is 4.47 Å². The fraction of sp³-hybridized carbons (Fsp3) is 0.294. The highest BCUT2D eigenvalue weighted by Crippen LogP contribution is 2.28. The maximum atomic E-state index is 13.3. The average molecular weight is 352 g/mol. The van der Waals surface area contributed by atoms with E-state index in [0.717, 1.165) is 16.9 Å². The minimum absolute atomic E-state index is 0.0989. The molecule has 0 saturated carbocycles. The summed E-state index contributed by atoms with van der Waals surface area (Å²) in [4.78, 5) is 0. The van der Waals surface area contributed by atoms with Crippen molar-refractivity contribution in [2.24, 2.45) is 0 Å². The second-order valence-corrected chi connectivity index (χ2v) is 5.88. The molecule has 0 saturated heterocycles. The van der Waals surface area contributed by atoms with Crippen molar-refractivity contribution in [3.8, 4) is 5.75 Å². The van der Waals surface area contributed by atoms with Crippen molar-refractivity contribution >= 4 is 15.9 Å². The molecule has 0 amide bonds. The maximum Gasteiger partial charge on any atom is 0.137 e. The number of benzene rings is 2. The van der Waals surface area contributed by atoms with E-state index in [4.69, 9.17) is 4.74 Å². The zero-order chi connectivity index (χ0) is 15.4. The fourth-order valence-electron chi connectivity index (χ4n) is 2.37. The molecule has 1 N–H and O–H groups in total. The first kappa shape index (κ1) is 16.0. The van der Waals surface area contributed by atoms with Crippen LogP contribution >= 0.6 is 15.9 Å². The van der Waals surface area contributed by atoms with Gasteiger partial charge in [0, 0.05) is 17.6 Å². The SMILES string of the molecule is COc1ccccc1[C@H](C)NC(C)c1ccc(F)c(Br)c1. The summed E-state index contributed by atoms with van der Waals surface area (Å²) in [5.41, 5.74) is 2.14. The van der Waals surface area contributed by atoms with Gasteiger partial charge in [-0.1, -0.05) is 24.3 Å². The first-order valence-corrected chi connectivity index (χ1v) is 7.66. The number of ether oxygens (including phenoxy) is 1. The van der Waals surface area contributed by atoms with E-state index in [-0.39, 0.29) is 17.9 Å². The van der Waals surface area contributed by atoms with Gasteiger partial charge in [-0.25, -0.2) is 4.39 Å². The third-order valence-electron chi connectivity index (χ3n) is 3.55. The molecule has 2 aromatic carbocycles. The molecule has 0 bridgehead atoms. The minimum atomic E-state index is -0.247. The third kappa shape index (κ3) is 3.83. The van der Waals surface area contributed by atoms with Gasteiger partial charge in [-0.3, -0.25) is 0 Å². The summed E-state index contributed by atoms with van der Waals surface area (Å²) in [7, 11) is 1.67. The smallest absolute Gasteiger partial charge is 0.137 e. The van der Waals surface area contributed by atoms with Crippen molar-refractivity contribution in [3.05, 3.63) is 63.9 Å². The quantitative estimate of drug-likeness (QED) is 0.817. The lowest BCUT2D eigenvalue weighted by molar-refractivity contribution is 0.396. The van der Waals surface area contributed by atoms with Crippen LogP contribution < -0.4 is 10.1 Å². The molecule has 0 radical (unpaired) electrons. The molecule has 2 aromatic rings. The van der Waals surface area contributed by atoms with Gasteiger partial charge < -0.3 is 10.1 Å². The van der Waals surface area contributed by atoms with E-state index < -0.39 is 0 Å². The highest BCUT2D eigenvalue weighted by Gasteiger charge is 2.15. The Morgan fingerprint density at radius 1 is 1.10 bits per heavy atom. The number of para-hydroxylation sites is 1. The Labute approximate surface area is 133 Å². The molecule has 1 unspecified atom stereocenters. The molecular weight excluding hydrogens is 333 g/mol. The number of rotatable bonds is 5. The van der Waals surface area contributed by atoms with Gasteiger partial charge in [0.05, 0.1) is 11.6 Å². The molecule has 4 heteroatoms. The van der Waals surface area contributed by atoms with E-state index in [1.165, 1.54) is 6.07 Å². The summed E-state index contributed by atoms with van der Waals surface area (Å²) in [5, 5.41) is 3.51. The van der Waals surface area contributed by atoms with Crippen LogP contribution in [0.25, 0.3) is 0 Å². The average Bonchev–Trinajstić information content (AvgIpc) is 2.49. The topological polar surface area (TPSA) is 21.3 Å². The van der Waals surface area contributed by atoms with Crippen LogP contribution in [0, 0.1) is 5.82 Å².